The molecule has 0 bridgehead atoms. The highest BCUT2D eigenvalue weighted by atomic mass is 35.5. The van der Waals surface area contributed by atoms with Crippen molar-refractivity contribution in [2.75, 3.05) is 18.2 Å². The average molecular weight is 279 g/mol. The van der Waals surface area contributed by atoms with E-state index < -0.39 is 0 Å². The van der Waals surface area contributed by atoms with Gasteiger partial charge >= 0.3 is 0 Å². The fourth-order valence-corrected chi connectivity index (χ4v) is 1.59. The molecule has 0 aliphatic heterocycles. The smallest absolute Gasteiger partial charge is 0.256 e. The summed E-state index contributed by atoms with van der Waals surface area (Å²) in [6.07, 6.45) is 1.27. The molecule has 1 heterocycles. The number of methoxy groups -OCH3 is 1. The van der Waals surface area contributed by atoms with E-state index in [-0.39, 0.29) is 11.1 Å². The summed E-state index contributed by atoms with van der Waals surface area (Å²) in [6, 6.07) is 6.19. The normalized spacial score (nSPS) is 10.0. The molecule has 0 unspecified atom stereocenters. The van der Waals surface area contributed by atoms with Crippen molar-refractivity contribution in [3.05, 3.63) is 41.3 Å². The van der Waals surface area contributed by atoms with Gasteiger partial charge in [-0.3, -0.25) is 4.79 Å². The third-order valence-corrected chi connectivity index (χ3v) is 2.58. The number of hydrogen-bond acceptors (Lipinski definition) is 5. The minimum absolute atomic E-state index is 0.250. The minimum atomic E-state index is -0.340. The molecule has 1 amide bonds. The number of nitrogens with two attached hydrogens (primary N) is 1. The first-order valence-corrected chi connectivity index (χ1v) is 5.70. The van der Waals surface area contributed by atoms with Gasteiger partial charge < -0.3 is 15.8 Å². The molecule has 0 saturated heterocycles. The van der Waals surface area contributed by atoms with Crippen LogP contribution in [0.4, 0.5) is 11.5 Å². The van der Waals surface area contributed by atoms with Gasteiger partial charge in [0.25, 0.3) is 5.91 Å². The predicted molar refractivity (Wildman–Crippen MR) is 72.4 cm³/mol. The summed E-state index contributed by atoms with van der Waals surface area (Å²) in [5, 5.41) is 2.85. The molecule has 0 saturated carbocycles. The van der Waals surface area contributed by atoms with E-state index in [9.17, 15) is 4.79 Å². The Morgan fingerprint density at radius 3 is 2.84 bits per heavy atom. The molecule has 0 atom stereocenters. The van der Waals surface area contributed by atoms with E-state index in [1.165, 1.54) is 19.5 Å². The lowest BCUT2D eigenvalue weighted by Crippen LogP contribution is -2.13. The standard InChI is InChI=1S/C12H11ClN4O2/c1-19-9-4-7(2-3-8(9)14)12(18)17-11-5-10(13)15-6-16-11/h2-6H,14H2,1H3,(H,15,16,17,18). The van der Waals surface area contributed by atoms with Crippen LogP contribution >= 0.6 is 11.6 Å². The molecule has 0 aliphatic rings. The van der Waals surface area contributed by atoms with Gasteiger partial charge in [-0.1, -0.05) is 11.6 Å². The Morgan fingerprint density at radius 2 is 2.16 bits per heavy atom. The second kappa shape index (κ2) is 5.53. The number of nitrogen functional groups attached to an aromatic ring is 1. The van der Waals surface area contributed by atoms with Crippen molar-refractivity contribution in [2.24, 2.45) is 0 Å². The highest BCUT2D eigenvalue weighted by Gasteiger charge is 2.10. The summed E-state index contributed by atoms with van der Waals surface area (Å²) in [5.74, 6) is 0.419. The fourth-order valence-electron chi connectivity index (χ4n) is 1.44. The highest BCUT2D eigenvalue weighted by molar-refractivity contribution is 6.29. The first-order valence-electron chi connectivity index (χ1n) is 5.32. The fraction of sp³-hybridized carbons (Fsp3) is 0.0833. The Bertz CT molecular complexity index is 618. The topological polar surface area (TPSA) is 90.1 Å². The van der Waals surface area contributed by atoms with Gasteiger partial charge in [0.15, 0.2) is 0 Å². The third-order valence-electron chi connectivity index (χ3n) is 2.37. The maximum Gasteiger partial charge on any atom is 0.256 e. The lowest BCUT2D eigenvalue weighted by atomic mass is 10.2. The Labute approximate surface area is 114 Å². The number of ether oxygens (including phenoxy) is 1. The third kappa shape index (κ3) is 3.11. The van der Waals surface area contributed by atoms with Gasteiger partial charge in [0, 0.05) is 11.6 Å². The number of anilines is 2. The number of rotatable bonds is 3. The number of carbonyl (C=O) groups is 1. The van der Waals surface area contributed by atoms with E-state index in [2.05, 4.69) is 15.3 Å². The molecule has 3 N–H and O–H groups in total. The quantitative estimate of drug-likeness (QED) is 0.662. The van der Waals surface area contributed by atoms with Crippen molar-refractivity contribution < 1.29 is 9.53 Å². The van der Waals surface area contributed by atoms with Crippen LogP contribution in [0.25, 0.3) is 0 Å². The van der Waals surface area contributed by atoms with Crippen LogP contribution in [0.1, 0.15) is 10.4 Å². The molecule has 0 fully saturated rings. The number of aromatic nitrogens is 2. The van der Waals surface area contributed by atoms with Crippen molar-refractivity contribution in [1.29, 1.82) is 0 Å². The summed E-state index contributed by atoms with van der Waals surface area (Å²) in [4.78, 5) is 19.6. The molecule has 0 radical (unpaired) electrons. The van der Waals surface area contributed by atoms with Gasteiger partial charge in [-0.05, 0) is 18.2 Å². The molecule has 2 aromatic rings. The van der Waals surface area contributed by atoms with Crippen LogP contribution in [0, 0.1) is 0 Å². The number of halogens is 1. The van der Waals surface area contributed by atoms with Crippen LogP contribution in [0.15, 0.2) is 30.6 Å². The zero-order valence-electron chi connectivity index (χ0n) is 10.1. The average Bonchev–Trinajstić information content (AvgIpc) is 2.39. The molecular weight excluding hydrogens is 268 g/mol. The molecular formula is C12H11ClN4O2. The number of hydrogen-bond donors (Lipinski definition) is 2. The van der Waals surface area contributed by atoms with Crippen molar-refractivity contribution in [3.8, 4) is 5.75 Å². The van der Waals surface area contributed by atoms with Gasteiger partial charge in [-0.15, -0.1) is 0 Å². The molecule has 7 heteroatoms. The molecule has 2 rings (SSSR count). The van der Waals surface area contributed by atoms with Crippen LogP contribution < -0.4 is 15.8 Å². The van der Waals surface area contributed by atoms with E-state index in [1.807, 2.05) is 0 Å². The largest absolute Gasteiger partial charge is 0.495 e. The van der Waals surface area contributed by atoms with Crippen molar-refractivity contribution in [2.45, 2.75) is 0 Å². The monoisotopic (exact) mass is 278 g/mol. The van der Waals surface area contributed by atoms with Crippen LogP contribution in [0.2, 0.25) is 5.15 Å². The van der Waals surface area contributed by atoms with E-state index in [4.69, 9.17) is 22.1 Å². The summed E-state index contributed by atoms with van der Waals surface area (Å²) in [7, 11) is 1.48. The second-order valence-electron chi connectivity index (χ2n) is 3.64. The van der Waals surface area contributed by atoms with E-state index >= 15 is 0 Å². The number of nitrogens with zero attached hydrogens (tertiary/aromatic N) is 2. The van der Waals surface area contributed by atoms with E-state index in [0.717, 1.165) is 0 Å². The Kier molecular flexibility index (Phi) is 3.82. The van der Waals surface area contributed by atoms with E-state index in [0.29, 0.717) is 22.8 Å². The molecule has 1 aromatic heterocycles. The zero-order chi connectivity index (χ0) is 13.8. The molecule has 0 aliphatic carbocycles. The minimum Gasteiger partial charge on any atom is -0.495 e. The van der Waals surface area contributed by atoms with Crippen molar-refractivity contribution in [1.82, 2.24) is 9.97 Å². The molecule has 1 aromatic carbocycles. The Balaban J connectivity index is 2.20. The van der Waals surface area contributed by atoms with Gasteiger partial charge in [0.1, 0.15) is 23.0 Å². The van der Waals surface area contributed by atoms with Crippen LogP contribution in [-0.2, 0) is 0 Å². The summed E-state index contributed by atoms with van der Waals surface area (Å²) in [6.45, 7) is 0. The highest BCUT2D eigenvalue weighted by Crippen LogP contribution is 2.22. The maximum absolute atomic E-state index is 12.0. The van der Waals surface area contributed by atoms with Crippen LogP contribution in [0.3, 0.4) is 0 Å². The molecule has 98 valence electrons. The number of amides is 1. The zero-order valence-corrected chi connectivity index (χ0v) is 10.8. The number of carbonyl (C=O) groups excluding carboxylic acids is 1. The number of benzene rings is 1. The number of nitrogens with one attached hydrogen (secondary N) is 1. The Morgan fingerprint density at radius 1 is 1.37 bits per heavy atom. The molecule has 0 spiro atoms. The van der Waals surface area contributed by atoms with Crippen molar-refractivity contribution in [3.63, 3.8) is 0 Å². The maximum atomic E-state index is 12.0. The first kappa shape index (κ1) is 13.1. The van der Waals surface area contributed by atoms with Crippen LogP contribution in [0.5, 0.6) is 5.75 Å². The lowest BCUT2D eigenvalue weighted by Gasteiger charge is -2.08. The Hall–Kier alpha value is -2.34. The van der Waals surface area contributed by atoms with Gasteiger partial charge in [0.05, 0.1) is 12.8 Å². The second-order valence-corrected chi connectivity index (χ2v) is 4.02. The lowest BCUT2D eigenvalue weighted by molar-refractivity contribution is 0.102. The summed E-state index contributed by atoms with van der Waals surface area (Å²) < 4.78 is 5.05. The first-order chi connectivity index (χ1) is 9.10. The van der Waals surface area contributed by atoms with Gasteiger partial charge in [0.2, 0.25) is 0 Å². The summed E-state index contributed by atoms with van der Waals surface area (Å²) >= 11 is 5.70. The van der Waals surface area contributed by atoms with Crippen LogP contribution in [-0.4, -0.2) is 23.0 Å². The predicted octanol–water partition coefficient (Wildman–Crippen LogP) is 1.97. The van der Waals surface area contributed by atoms with Gasteiger partial charge in [-0.2, -0.15) is 0 Å². The molecule has 19 heavy (non-hydrogen) atoms. The van der Waals surface area contributed by atoms with Gasteiger partial charge in [-0.25, -0.2) is 9.97 Å². The SMILES string of the molecule is COc1cc(C(=O)Nc2cc(Cl)ncn2)ccc1N. The van der Waals surface area contributed by atoms with E-state index in [1.54, 1.807) is 18.2 Å². The summed E-state index contributed by atoms with van der Waals surface area (Å²) in [5.41, 5.74) is 6.54. The van der Waals surface area contributed by atoms with Crippen molar-refractivity contribution >= 4 is 29.0 Å². The molecule has 6 nitrogen and oxygen atoms in total.